The molecule has 0 bridgehead atoms. The van der Waals surface area contributed by atoms with E-state index in [9.17, 15) is 0 Å². The van der Waals surface area contributed by atoms with Gasteiger partial charge in [-0.15, -0.1) is 0 Å². The van der Waals surface area contributed by atoms with Crippen molar-refractivity contribution in [1.29, 1.82) is 0 Å². The van der Waals surface area contributed by atoms with Crippen LogP contribution in [0.4, 0.5) is 0 Å². The number of allylic oxidation sites excluding steroid dienone is 8. The molecule has 0 atom stereocenters. The fraction of sp³-hybridized carbons (Fsp3) is 0.556. The summed E-state index contributed by atoms with van der Waals surface area (Å²) in [6.45, 7) is 4.59. The molecule has 19 heavy (non-hydrogen) atoms. The minimum absolute atomic E-state index is 0. The Labute approximate surface area is 130 Å². The van der Waals surface area contributed by atoms with Gasteiger partial charge in [-0.2, -0.15) is 0 Å². The van der Waals surface area contributed by atoms with Crippen LogP contribution in [-0.4, -0.2) is 0 Å². The zero-order valence-corrected chi connectivity index (χ0v) is 14.0. The summed E-state index contributed by atoms with van der Waals surface area (Å²) in [5.41, 5.74) is 3.38. The first kappa shape index (κ1) is 15.1. The van der Waals surface area contributed by atoms with E-state index in [1.807, 2.05) is 7.76 Å². The molecule has 2 aliphatic carbocycles. The molecule has 0 nitrogen and oxygen atoms in total. The van der Waals surface area contributed by atoms with Crippen LogP contribution in [0.3, 0.4) is 0 Å². The molecule has 0 radical (unpaired) electrons. The average Bonchev–Trinajstić information content (AvgIpc) is 3.04. The molecular weight excluding hydrogens is 264 g/mol. The van der Waals surface area contributed by atoms with Gasteiger partial charge in [0.15, 0.2) is 0 Å². The molecule has 2 rings (SSSR count). The summed E-state index contributed by atoms with van der Waals surface area (Å²) >= 11 is -0.0137. The van der Waals surface area contributed by atoms with E-state index >= 15 is 0 Å². The van der Waals surface area contributed by atoms with Crippen molar-refractivity contribution in [3.63, 3.8) is 0 Å². The van der Waals surface area contributed by atoms with Gasteiger partial charge in [0.1, 0.15) is 0 Å². The number of rotatable bonds is 8. The largest absolute Gasteiger partial charge is 1.00 e. The van der Waals surface area contributed by atoms with Crippen LogP contribution in [0.25, 0.3) is 0 Å². The molecule has 0 heterocycles. The van der Waals surface area contributed by atoms with Crippen LogP contribution >= 0.6 is 0 Å². The van der Waals surface area contributed by atoms with E-state index in [4.69, 9.17) is 0 Å². The molecule has 0 aromatic rings. The van der Waals surface area contributed by atoms with Crippen LogP contribution in [0.2, 0.25) is 0 Å². The number of hydrogen-bond acceptors (Lipinski definition) is 0. The zero-order valence-electron chi connectivity index (χ0n) is 14.5. The normalized spacial score (nSPS) is 18.0. The molecule has 0 amide bonds. The van der Waals surface area contributed by atoms with Gasteiger partial charge in [-0.1, -0.05) is 0 Å². The van der Waals surface area contributed by atoms with Crippen molar-refractivity contribution < 1.29 is 22.0 Å². The van der Waals surface area contributed by atoms with E-state index in [1.54, 1.807) is 11.1 Å². The van der Waals surface area contributed by atoms with Gasteiger partial charge < -0.3 is 2.85 Å². The van der Waals surface area contributed by atoms with Gasteiger partial charge in [0.2, 0.25) is 0 Å². The molecule has 0 saturated carbocycles. The minimum atomic E-state index is -0.0137. The molecule has 106 valence electrons. The standard InChI is InChI=1S/2C9H13.Ti.2H/c2*1-2-3-6-9-7-4-5-8-9;;;/h2*4,7H,2-3,5-6H2,1H3;;;/q;;;2*-1. The van der Waals surface area contributed by atoms with E-state index in [0.29, 0.717) is 0 Å². The van der Waals surface area contributed by atoms with Gasteiger partial charge >= 0.3 is 128 Å². The van der Waals surface area contributed by atoms with Crippen LogP contribution in [0, 0.1) is 0 Å². The Morgan fingerprint density at radius 1 is 0.895 bits per heavy atom. The van der Waals surface area contributed by atoms with Crippen LogP contribution in [0.15, 0.2) is 43.2 Å². The molecule has 1 heteroatoms. The quantitative estimate of drug-likeness (QED) is 0.474. The Kier molecular flexibility index (Phi) is 6.40. The van der Waals surface area contributed by atoms with Gasteiger partial charge in [0.25, 0.3) is 0 Å². The summed E-state index contributed by atoms with van der Waals surface area (Å²) in [4.78, 5) is 0. The van der Waals surface area contributed by atoms with Crippen LogP contribution in [0.1, 0.15) is 68.1 Å². The number of hydrogen-bond donors (Lipinski definition) is 0. The van der Waals surface area contributed by atoms with E-state index in [0.717, 1.165) is 0 Å². The van der Waals surface area contributed by atoms with Gasteiger partial charge in [-0.05, 0) is 0 Å². The van der Waals surface area contributed by atoms with Crippen molar-refractivity contribution in [2.24, 2.45) is 0 Å². The third-order valence-electron chi connectivity index (χ3n) is 3.96. The van der Waals surface area contributed by atoms with Crippen LogP contribution in [-0.2, 0) is 19.2 Å². The number of unbranched alkanes of at least 4 members (excludes halogenated alkanes) is 2. The van der Waals surface area contributed by atoms with Crippen molar-refractivity contribution in [3.8, 4) is 0 Å². The monoisotopic (exact) mass is 292 g/mol. The SMILES string of the molecule is CCCCC1=[C]([Ti][C]2=C(CCCC)C=CC2)CC=C1.[H-].[H-]. The first-order chi connectivity index (χ1) is 9.35. The Hall–Kier alpha value is -0.326. The molecule has 0 saturated heterocycles. The van der Waals surface area contributed by atoms with E-state index in [1.165, 1.54) is 51.4 Å². The maximum Gasteiger partial charge on any atom is -1.00 e. The molecule has 0 N–H and O–H groups in total. The maximum absolute atomic E-state index is 2.41. The van der Waals surface area contributed by atoms with Crippen LogP contribution in [0.5, 0.6) is 0 Å². The van der Waals surface area contributed by atoms with Crippen molar-refractivity contribution in [1.82, 2.24) is 0 Å². The van der Waals surface area contributed by atoms with E-state index in [-0.39, 0.29) is 22.0 Å². The van der Waals surface area contributed by atoms with Crippen LogP contribution < -0.4 is 0 Å². The Bertz CT molecular complexity index is 390. The van der Waals surface area contributed by atoms with Gasteiger partial charge in [0.05, 0.1) is 0 Å². The van der Waals surface area contributed by atoms with E-state index < -0.39 is 0 Å². The molecule has 0 aromatic carbocycles. The average molecular weight is 292 g/mol. The van der Waals surface area contributed by atoms with Crippen molar-refractivity contribution in [2.45, 2.75) is 65.2 Å². The molecule has 0 spiro atoms. The fourth-order valence-corrected chi connectivity index (χ4v) is 5.16. The third-order valence-corrected chi connectivity index (χ3v) is 6.54. The Balaban J connectivity index is 0.00000200. The summed E-state index contributed by atoms with van der Waals surface area (Å²) < 4.78 is 3.64. The Morgan fingerprint density at radius 2 is 1.37 bits per heavy atom. The molecular formula is C18H28Ti-2. The third kappa shape index (κ3) is 4.33. The van der Waals surface area contributed by atoms with Gasteiger partial charge in [-0.25, -0.2) is 0 Å². The summed E-state index contributed by atoms with van der Waals surface area (Å²) in [5, 5.41) is 0. The van der Waals surface area contributed by atoms with Crippen molar-refractivity contribution >= 4 is 0 Å². The predicted octanol–water partition coefficient (Wildman–Crippen LogP) is 6.10. The second kappa shape index (κ2) is 8.07. The second-order valence-electron chi connectivity index (χ2n) is 5.55. The first-order valence-electron chi connectivity index (χ1n) is 7.89. The maximum atomic E-state index is 2.41. The summed E-state index contributed by atoms with van der Waals surface area (Å²) in [5.74, 6) is 0. The molecule has 2 aliphatic rings. The molecule has 0 fully saturated rings. The molecule has 0 aliphatic heterocycles. The topological polar surface area (TPSA) is 0 Å². The van der Waals surface area contributed by atoms with Crippen molar-refractivity contribution in [3.05, 3.63) is 43.2 Å². The van der Waals surface area contributed by atoms with Gasteiger partial charge in [0, 0.05) is 0 Å². The van der Waals surface area contributed by atoms with Crippen molar-refractivity contribution in [2.75, 3.05) is 0 Å². The van der Waals surface area contributed by atoms with Gasteiger partial charge in [-0.3, -0.25) is 0 Å². The Morgan fingerprint density at radius 3 is 1.79 bits per heavy atom. The zero-order chi connectivity index (χ0) is 13.5. The van der Waals surface area contributed by atoms with E-state index in [2.05, 4.69) is 38.2 Å². The summed E-state index contributed by atoms with van der Waals surface area (Å²) in [6.07, 6.45) is 20.1. The fourth-order valence-electron chi connectivity index (χ4n) is 2.75. The summed E-state index contributed by atoms with van der Waals surface area (Å²) in [7, 11) is 0. The molecule has 0 aromatic heterocycles. The minimum Gasteiger partial charge on any atom is -1.00 e. The first-order valence-corrected chi connectivity index (χ1v) is 9.45. The summed E-state index contributed by atoms with van der Waals surface area (Å²) in [6, 6.07) is 0. The smallest absolute Gasteiger partial charge is 1.00 e. The predicted molar refractivity (Wildman–Crippen MR) is 82.8 cm³/mol. The molecule has 0 unspecified atom stereocenters. The second-order valence-corrected chi connectivity index (χ2v) is 7.83.